The number of carbonyl (C=O) groups is 2. The Balaban J connectivity index is 1.68. The van der Waals surface area contributed by atoms with Crippen LogP contribution in [0.2, 0.25) is 0 Å². The minimum Gasteiger partial charge on any atom is -0.345 e. The minimum absolute atomic E-state index is 0.0181. The number of carbonyl (C=O) groups excluding carboxylic acids is 2. The van der Waals surface area contributed by atoms with Gasteiger partial charge in [-0.05, 0) is 18.1 Å². The minimum atomic E-state index is -0.223. The van der Waals surface area contributed by atoms with E-state index in [0.717, 1.165) is 11.1 Å². The predicted molar refractivity (Wildman–Crippen MR) is 109 cm³/mol. The highest BCUT2D eigenvalue weighted by atomic mass is 32.2. The van der Waals surface area contributed by atoms with Gasteiger partial charge < -0.3 is 5.32 Å². The van der Waals surface area contributed by atoms with Gasteiger partial charge in [-0.25, -0.2) is 0 Å². The fourth-order valence-corrected chi connectivity index (χ4v) is 4.33. The van der Waals surface area contributed by atoms with Crippen molar-refractivity contribution >= 4 is 40.1 Å². The zero-order valence-electron chi connectivity index (χ0n) is 14.4. The van der Waals surface area contributed by atoms with Crippen LogP contribution in [0.3, 0.4) is 0 Å². The number of hydrogen-bond donors (Lipinski definition) is 1. The smallest absolute Gasteiger partial charge is 0.241 e. The highest BCUT2D eigenvalue weighted by Gasteiger charge is 2.33. The zero-order chi connectivity index (χ0) is 18.5. The van der Waals surface area contributed by atoms with Crippen molar-refractivity contribution in [1.82, 2.24) is 10.2 Å². The Morgan fingerprint density at radius 1 is 1.12 bits per heavy atom. The normalized spacial score (nSPS) is 17.0. The van der Waals surface area contributed by atoms with E-state index in [9.17, 15) is 9.59 Å². The molecule has 0 radical (unpaired) electrons. The van der Waals surface area contributed by atoms with E-state index in [4.69, 9.17) is 12.2 Å². The lowest BCUT2D eigenvalue weighted by atomic mass is 9.98. The van der Waals surface area contributed by atoms with Gasteiger partial charge in [-0.1, -0.05) is 84.6 Å². The van der Waals surface area contributed by atoms with Crippen molar-refractivity contribution in [1.29, 1.82) is 0 Å². The molecule has 1 N–H and O–H groups in total. The first-order valence-corrected chi connectivity index (χ1v) is 9.76. The quantitative estimate of drug-likeness (QED) is 0.774. The van der Waals surface area contributed by atoms with Crippen LogP contribution < -0.4 is 5.32 Å². The second-order valence-corrected chi connectivity index (χ2v) is 8.06. The summed E-state index contributed by atoms with van der Waals surface area (Å²) in [7, 11) is 0. The van der Waals surface area contributed by atoms with Gasteiger partial charge in [0.2, 0.25) is 11.8 Å². The maximum Gasteiger partial charge on any atom is 0.241 e. The Bertz CT molecular complexity index is 756. The summed E-state index contributed by atoms with van der Waals surface area (Å²) in [4.78, 5) is 26.2. The number of benzene rings is 2. The van der Waals surface area contributed by atoms with Gasteiger partial charge in [0.1, 0.15) is 4.32 Å². The standard InChI is InChI=1S/C20H20N2O2S2/c1-14-19(24)22(20(25)26-14)13-12-17(23)21-18(15-8-4-2-5-9-15)16-10-6-3-7-11-16/h2-11,14,18H,12-13H2,1H3,(H,21,23). The van der Waals surface area contributed by atoms with E-state index in [0.29, 0.717) is 10.9 Å². The molecule has 4 nitrogen and oxygen atoms in total. The first-order valence-electron chi connectivity index (χ1n) is 8.47. The summed E-state index contributed by atoms with van der Waals surface area (Å²) in [6.07, 6.45) is 0.218. The van der Waals surface area contributed by atoms with Gasteiger partial charge >= 0.3 is 0 Å². The second kappa shape index (κ2) is 8.47. The predicted octanol–water partition coefficient (Wildman–Crippen LogP) is 3.53. The lowest BCUT2D eigenvalue weighted by Gasteiger charge is -2.21. The van der Waals surface area contributed by atoms with Crippen molar-refractivity contribution in [2.75, 3.05) is 6.54 Å². The molecule has 1 fully saturated rings. The Hall–Kier alpha value is -2.18. The van der Waals surface area contributed by atoms with Crippen LogP contribution in [0.1, 0.15) is 30.5 Å². The van der Waals surface area contributed by atoms with Crippen molar-refractivity contribution in [3.63, 3.8) is 0 Å². The largest absolute Gasteiger partial charge is 0.345 e. The number of hydrogen-bond acceptors (Lipinski definition) is 4. The van der Waals surface area contributed by atoms with Crippen LogP contribution in [0.15, 0.2) is 60.7 Å². The monoisotopic (exact) mass is 384 g/mol. The maximum atomic E-state index is 12.6. The first kappa shape index (κ1) is 18.6. The summed E-state index contributed by atoms with van der Waals surface area (Å²) < 4.78 is 0.554. The van der Waals surface area contributed by atoms with Crippen LogP contribution >= 0.6 is 24.0 Å². The molecule has 3 rings (SSSR count). The molecule has 2 aromatic rings. The molecule has 0 saturated carbocycles. The third kappa shape index (κ3) is 4.31. The van der Waals surface area contributed by atoms with Gasteiger partial charge in [0.05, 0.1) is 11.3 Å². The van der Waals surface area contributed by atoms with Gasteiger partial charge in [0.25, 0.3) is 0 Å². The lowest BCUT2D eigenvalue weighted by Crippen LogP contribution is -2.36. The van der Waals surface area contributed by atoms with Crippen molar-refractivity contribution in [2.24, 2.45) is 0 Å². The molecule has 1 atom stereocenters. The summed E-state index contributed by atoms with van der Waals surface area (Å²) >= 11 is 6.60. The van der Waals surface area contributed by atoms with Crippen LogP contribution in [0.4, 0.5) is 0 Å². The molecule has 2 amide bonds. The molecule has 26 heavy (non-hydrogen) atoms. The summed E-state index contributed by atoms with van der Waals surface area (Å²) in [5.41, 5.74) is 2.04. The van der Waals surface area contributed by atoms with Crippen LogP contribution in [-0.2, 0) is 9.59 Å². The van der Waals surface area contributed by atoms with Gasteiger partial charge in [-0.2, -0.15) is 0 Å². The molecule has 0 bridgehead atoms. The van der Waals surface area contributed by atoms with E-state index < -0.39 is 0 Å². The molecule has 1 unspecified atom stereocenters. The fourth-order valence-electron chi connectivity index (χ4n) is 2.87. The Morgan fingerprint density at radius 3 is 2.12 bits per heavy atom. The molecule has 6 heteroatoms. The summed E-state index contributed by atoms with van der Waals surface area (Å²) in [6, 6.07) is 19.5. The van der Waals surface area contributed by atoms with Crippen LogP contribution in [-0.4, -0.2) is 32.8 Å². The number of thiocarbonyl (C=S) groups is 1. The van der Waals surface area contributed by atoms with Crippen LogP contribution in [0.25, 0.3) is 0 Å². The van der Waals surface area contributed by atoms with Gasteiger partial charge in [0.15, 0.2) is 0 Å². The summed E-state index contributed by atoms with van der Waals surface area (Å²) in [5.74, 6) is -0.127. The Kier molecular flexibility index (Phi) is 6.06. The maximum absolute atomic E-state index is 12.6. The van der Waals surface area contributed by atoms with E-state index in [-0.39, 0.29) is 29.5 Å². The molecule has 0 aromatic heterocycles. The number of nitrogens with zero attached hydrogens (tertiary/aromatic N) is 1. The summed E-state index contributed by atoms with van der Waals surface area (Å²) in [5, 5.41) is 2.93. The van der Waals surface area contributed by atoms with Crippen LogP contribution in [0.5, 0.6) is 0 Å². The molecule has 1 heterocycles. The molecule has 1 aliphatic rings. The SMILES string of the molecule is CC1SC(=S)N(CCC(=O)NC(c2ccccc2)c2ccccc2)C1=O. The third-order valence-corrected chi connectivity index (χ3v) is 5.73. The average molecular weight is 385 g/mol. The van der Waals surface area contributed by atoms with E-state index in [1.165, 1.54) is 16.7 Å². The average Bonchev–Trinajstić information content (AvgIpc) is 2.91. The Labute approximate surface area is 163 Å². The van der Waals surface area contributed by atoms with Gasteiger partial charge in [-0.15, -0.1) is 0 Å². The third-order valence-electron chi connectivity index (χ3n) is 4.25. The molecule has 1 aliphatic heterocycles. The molecule has 1 saturated heterocycles. The van der Waals surface area contributed by atoms with Crippen molar-refractivity contribution in [3.05, 3.63) is 71.8 Å². The Morgan fingerprint density at radius 2 is 1.65 bits per heavy atom. The molecule has 0 aliphatic carbocycles. The highest BCUT2D eigenvalue weighted by molar-refractivity contribution is 8.24. The zero-order valence-corrected chi connectivity index (χ0v) is 16.1. The van der Waals surface area contributed by atoms with Crippen molar-refractivity contribution in [3.8, 4) is 0 Å². The highest BCUT2D eigenvalue weighted by Crippen LogP contribution is 2.27. The first-order chi connectivity index (χ1) is 12.6. The fraction of sp³-hybridized carbons (Fsp3) is 0.250. The molecular formula is C20H20N2O2S2. The van der Waals surface area contributed by atoms with E-state index in [1.54, 1.807) is 0 Å². The van der Waals surface area contributed by atoms with E-state index in [2.05, 4.69) is 5.32 Å². The molecule has 0 spiro atoms. The summed E-state index contributed by atoms with van der Waals surface area (Å²) in [6.45, 7) is 2.15. The number of nitrogens with one attached hydrogen (secondary N) is 1. The number of thioether (sulfide) groups is 1. The number of rotatable bonds is 6. The molecular weight excluding hydrogens is 364 g/mol. The number of amides is 2. The molecule has 134 valence electrons. The lowest BCUT2D eigenvalue weighted by molar-refractivity contribution is -0.126. The topological polar surface area (TPSA) is 49.4 Å². The van der Waals surface area contributed by atoms with Gasteiger partial charge in [-0.3, -0.25) is 14.5 Å². The molecule has 2 aromatic carbocycles. The van der Waals surface area contributed by atoms with Crippen molar-refractivity contribution in [2.45, 2.75) is 24.6 Å². The van der Waals surface area contributed by atoms with Crippen LogP contribution in [0, 0.1) is 0 Å². The second-order valence-electron chi connectivity index (χ2n) is 6.09. The van der Waals surface area contributed by atoms with Gasteiger partial charge in [0, 0.05) is 13.0 Å². The van der Waals surface area contributed by atoms with E-state index in [1.807, 2.05) is 67.6 Å². The van der Waals surface area contributed by atoms with Crippen molar-refractivity contribution < 1.29 is 9.59 Å². The van der Waals surface area contributed by atoms with E-state index >= 15 is 0 Å².